The van der Waals surface area contributed by atoms with Gasteiger partial charge in [-0.15, -0.1) is 16.4 Å². The van der Waals surface area contributed by atoms with E-state index in [9.17, 15) is 0 Å². The molecular weight excluding hydrogens is 362 g/mol. The fraction of sp³-hybridized carbons (Fsp3) is 0.167. The van der Waals surface area contributed by atoms with Crippen LogP contribution in [0.2, 0.25) is 0 Å². The molecule has 0 bridgehead atoms. The molecule has 0 radical (unpaired) electrons. The van der Waals surface area contributed by atoms with Crippen LogP contribution in [-0.2, 0) is 13.1 Å². The van der Waals surface area contributed by atoms with Gasteiger partial charge in [-0.25, -0.2) is 14.6 Å². The van der Waals surface area contributed by atoms with Gasteiger partial charge in [-0.1, -0.05) is 23.4 Å². The van der Waals surface area contributed by atoms with E-state index in [1.807, 2.05) is 18.3 Å². The summed E-state index contributed by atoms with van der Waals surface area (Å²) in [6.07, 6.45) is 5.22. The van der Waals surface area contributed by atoms with Gasteiger partial charge in [0, 0.05) is 21.3 Å². The van der Waals surface area contributed by atoms with Crippen LogP contribution in [0.5, 0.6) is 0 Å². The number of aromatic nitrogens is 7. The Morgan fingerprint density at radius 1 is 1.15 bits per heavy atom. The first-order chi connectivity index (χ1) is 13.3. The van der Waals surface area contributed by atoms with E-state index in [1.54, 1.807) is 33.1 Å². The average molecular weight is 377 g/mol. The third-order valence-electron chi connectivity index (χ3n) is 4.27. The van der Waals surface area contributed by atoms with Gasteiger partial charge in [0.05, 0.1) is 37.8 Å². The largest absolute Gasteiger partial charge is 0.394 e. The van der Waals surface area contributed by atoms with Gasteiger partial charge < -0.3 is 5.11 Å². The lowest BCUT2D eigenvalue weighted by atomic mass is 10.2. The minimum atomic E-state index is 0.0394. The summed E-state index contributed by atoms with van der Waals surface area (Å²) in [7, 11) is 0. The smallest absolute Gasteiger partial charge is 0.221 e. The molecule has 0 saturated heterocycles. The molecule has 5 aromatic rings. The van der Waals surface area contributed by atoms with Crippen LogP contribution in [0.4, 0.5) is 0 Å². The molecule has 1 aromatic carbocycles. The van der Waals surface area contributed by atoms with Crippen LogP contribution in [0.1, 0.15) is 4.88 Å². The molecule has 0 aliphatic carbocycles. The second kappa shape index (κ2) is 6.53. The molecule has 8 nitrogen and oxygen atoms in total. The zero-order chi connectivity index (χ0) is 18.2. The molecule has 0 aliphatic heterocycles. The van der Waals surface area contributed by atoms with Gasteiger partial charge in [0.15, 0.2) is 5.65 Å². The summed E-state index contributed by atoms with van der Waals surface area (Å²) in [5.41, 5.74) is 2.70. The molecule has 134 valence electrons. The Morgan fingerprint density at radius 3 is 2.96 bits per heavy atom. The van der Waals surface area contributed by atoms with Crippen molar-refractivity contribution in [3.63, 3.8) is 0 Å². The van der Waals surface area contributed by atoms with E-state index in [0.29, 0.717) is 30.1 Å². The molecule has 0 spiro atoms. The first kappa shape index (κ1) is 16.0. The lowest BCUT2D eigenvalue weighted by Gasteiger charge is -2.00. The predicted octanol–water partition coefficient (Wildman–Crippen LogP) is 2.34. The Labute approximate surface area is 157 Å². The second-order valence-electron chi connectivity index (χ2n) is 6.12. The summed E-state index contributed by atoms with van der Waals surface area (Å²) in [5, 5.41) is 22.8. The fourth-order valence-electron chi connectivity index (χ4n) is 2.98. The molecule has 5 rings (SSSR count). The van der Waals surface area contributed by atoms with E-state index in [-0.39, 0.29) is 6.61 Å². The van der Waals surface area contributed by atoms with E-state index < -0.39 is 0 Å². The molecule has 1 N–H and O–H groups in total. The number of hydrogen-bond acceptors (Lipinski definition) is 7. The molecule has 0 amide bonds. The highest BCUT2D eigenvalue weighted by Crippen LogP contribution is 2.26. The van der Waals surface area contributed by atoms with Crippen molar-refractivity contribution < 1.29 is 5.11 Å². The monoisotopic (exact) mass is 377 g/mol. The fourth-order valence-corrected chi connectivity index (χ4v) is 4.03. The summed E-state index contributed by atoms with van der Waals surface area (Å²) in [6.45, 7) is 1.08. The first-order valence-electron chi connectivity index (χ1n) is 8.47. The van der Waals surface area contributed by atoms with Crippen molar-refractivity contribution in [2.45, 2.75) is 13.1 Å². The molecule has 0 fully saturated rings. The van der Waals surface area contributed by atoms with Gasteiger partial charge in [-0.3, -0.25) is 4.68 Å². The molecule has 4 heterocycles. The lowest BCUT2D eigenvalue weighted by Crippen LogP contribution is -2.02. The van der Waals surface area contributed by atoms with Crippen LogP contribution in [0.25, 0.3) is 32.6 Å². The van der Waals surface area contributed by atoms with Crippen LogP contribution < -0.4 is 0 Å². The number of rotatable bonds is 5. The minimum absolute atomic E-state index is 0.0394. The highest BCUT2D eigenvalue weighted by Gasteiger charge is 2.12. The zero-order valence-electron chi connectivity index (χ0n) is 14.2. The van der Waals surface area contributed by atoms with E-state index in [0.717, 1.165) is 5.56 Å². The van der Waals surface area contributed by atoms with Gasteiger partial charge >= 0.3 is 0 Å². The molecule has 0 aliphatic rings. The van der Waals surface area contributed by atoms with E-state index in [4.69, 9.17) is 10.1 Å². The Balaban J connectivity index is 1.50. The SMILES string of the molecule is OCCn1cc(-c2cnc3nnn(Cc4cc5ccccc5s4)c3n2)cn1. The summed E-state index contributed by atoms with van der Waals surface area (Å²) >= 11 is 1.74. The normalized spacial score (nSPS) is 11.6. The number of thiophene rings is 1. The van der Waals surface area contributed by atoms with Crippen LogP contribution in [0, 0.1) is 0 Å². The number of aliphatic hydroxyl groups is 1. The first-order valence-corrected chi connectivity index (χ1v) is 9.29. The standard InChI is InChI=1S/C18H15N7OS/c26-6-5-24-10-13(8-20-24)15-9-19-17-18(21-15)25(23-22-17)11-14-7-12-3-1-2-4-16(12)27-14/h1-4,7-10,26H,5-6,11H2. The van der Waals surface area contributed by atoms with Crippen LogP contribution >= 0.6 is 11.3 Å². The topological polar surface area (TPSA) is 94.5 Å². The summed E-state index contributed by atoms with van der Waals surface area (Å²) in [6, 6.07) is 10.5. The van der Waals surface area contributed by atoms with Crippen molar-refractivity contribution in [1.29, 1.82) is 0 Å². The molecule has 0 atom stereocenters. The van der Waals surface area contributed by atoms with Crippen LogP contribution in [0.3, 0.4) is 0 Å². The van der Waals surface area contributed by atoms with Crippen LogP contribution in [0.15, 0.2) is 48.9 Å². The van der Waals surface area contributed by atoms with Gasteiger partial charge in [0.1, 0.15) is 0 Å². The lowest BCUT2D eigenvalue weighted by molar-refractivity contribution is 0.269. The van der Waals surface area contributed by atoms with Gasteiger partial charge in [-0.05, 0) is 17.5 Å². The van der Waals surface area contributed by atoms with Crippen molar-refractivity contribution >= 4 is 32.7 Å². The minimum Gasteiger partial charge on any atom is -0.394 e. The number of nitrogens with zero attached hydrogens (tertiary/aromatic N) is 7. The third kappa shape index (κ3) is 2.96. The molecular formula is C18H15N7OS. The third-order valence-corrected chi connectivity index (χ3v) is 5.37. The molecule has 0 saturated carbocycles. The van der Waals surface area contributed by atoms with E-state index in [1.165, 1.54) is 15.0 Å². The van der Waals surface area contributed by atoms with Gasteiger partial charge in [0.2, 0.25) is 5.65 Å². The summed E-state index contributed by atoms with van der Waals surface area (Å²) < 4.78 is 4.70. The Bertz CT molecular complexity index is 1210. The number of aliphatic hydroxyl groups excluding tert-OH is 1. The highest BCUT2D eigenvalue weighted by molar-refractivity contribution is 7.19. The summed E-state index contributed by atoms with van der Waals surface area (Å²) in [4.78, 5) is 10.3. The predicted molar refractivity (Wildman–Crippen MR) is 102 cm³/mol. The van der Waals surface area contributed by atoms with Crippen molar-refractivity contribution in [2.75, 3.05) is 6.61 Å². The van der Waals surface area contributed by atoms with E-state index >= 15 is 0 Å². The molecule has 9 heteroatoms. The highest BCUT2D eigenvalue weighted by atomic mass is 32.1. The number of hydrogen-bond donors (Lipinski definition) is 1. The Kier molecular flexibility index (Phi) is 3.88. The van der Waals surface area contributed by atoms with E-state index in [2.05, 4.69) is 38.6 Å². The Morgan fingerprint density at radius 2 is 2.07 bits per heavy atom. The van der Waals surface area contributed by atoms with Crippen molar-refractivity contribution in [3.05, 3.63) is 53.8 Å². The maximum Gasteiger partial charge on any atom is 0.221 e. The van der Waals surface area contributed by atoms with Crippen molar-refractivity contribution in [2.24, 2.45) is 0 Å². The van der Waals surface area contributed by atoms with Crippen molar-refractivity contribution in [1.82, 2.24) is 34.7 Å². The van der Waals surface area contributed by atoms with Gasteiger partial charge in [-0.2, -0.15) is 5.10 Å². The average Bonchev–Trinajstić information content (AvgIpc) is 3.40. The quantitative estimate of drug-likeness (QED) is 0.505. The second-order valence-corrected chi connectivity index (χ2v) is 7.28. The summed E-state index contributed by atoms with van der Waals surface area (Å²) in [5.74, 6) is 0. The number of fused-ring (bicyclic) bond motifs is 2. The Hall–Kier alpha value is -3.17. The number of benzene rings is 1. The molecule has 27 heavy (non-hydrogen) atoms. The zero-order valence-corrected chi connectivity index (χ0v) is 15.0. The maximum absolute atomic E-state index is 9.03. The molecule has 4 aromatic heterocycles. The van der Waals surface area contributed by atoms with Crippen molar-refractivity contribution in [3.8, 4) is 11.3 Å². The van der Waals surface area contributed by atoms with Crippen LogP contribution in [-0.4, -0.2) is 46.5 Å². The maximum atomic E-state index is 9.03. The molecule has 0 unspecified atom stereocenters. The van der Waals surface area contributed by atoms with Gasteiger partial charge in [0.25, 0.3) is 0 Å².